The molecular weight excluding hydrogens is 382 g/mol. The lowest BCUT2D eigenvalue weighted by atomic mass is 10.1. The molecule has 0 saturated heterocycles. The van der Waals surface area contributed by atoms with Crippen molar-refractivity contribution in [3.63, 3.8) is 0 Å². The molecule has 3 rings (SSSR count). The first-order chi connectivity index (χ1) is 14.4. The number of carbonyl (C=O) groups is 1. The second kappa shape index (κ2) is 9.56. The Labute approximate surface area is 176 Å². The smallest absolute Gasteiger partial charge is 0.291 e. The number of nitrogens with one attached hydrogen (secondary N) is 1. The molecule has 8 nitrogen and oxygen atoms in total. The molecule has 3 aromatic rings. The van der Waals surface area contributed by atoms with Gasteiger partial charge >= 0.3 is 0 Å². The zero-order chi connectivity index (χ0) is 21.7. The fraction of sp³-hybridized carbons (Fsp3) is 0.455. The topological polar surface area (TPSA) is 90.6 Å². The number of nitrogens with zero attached hydrogens (tertiary/aromatic N) is 4. The Bertz CT molecular complexity index is 1030. The van der Waals surface area contributed by atoms with E-state index in [0.29, 0.717) is 30.5 Å². The van der Waals surface area contributed by atoms with Gasteiger partial charge in [0.1, 0.15) is 0 Å². The van der Waals surface area contributed by atoms with Crippen LogP contribution in [0.15, 0.2) is 24.3 Å². The van der Waals surface area contributed by atoms with Gasteiger partial charge < -0.3 is 14.8 Å². The fourth-order valence-corrected chi connectivity index (χ4v) is 3.06. The minimum atomic E-state index is -0.354. The molecule has 0 bridgehead atoms. The number of benzene rings is 1. The van der Waals surface area contributed by atoms with Gasteiger partial charge in [-0.05, 0) is 57.4 Å². The molecule has 0 aliphatic carbocycles. The van der Waals surface area contributed by atoms with Gasteiger partial charge in [0.15, 0.2) is 11.5 Å². The van der Waals surface area contributed by atoms with Crippen molar-refractivity contribution in [3.05, 3.63) is 47.0 Å². The molecule has 8 heteroatoms. The van der Waals surface area contributed by atoms with Crippen LogP contribution in [0.3, 0.4) is 0 Å². The summed E-state index contributed by atoms with van der Waals surface area (Å²) in [6, 6.07) is 7.37. The van der Waals surface area contributed by atoms with E-state index < -0.39 is 0 Å². The van der Waals surface area contributed by atoms with E-state index in [1.807, 2.05) is 45.0 Å². The summed E-state index contributed by atoms with van der Waals surface area (Å²) >= 11 is 0. The van der Waals surface area contributed by atoms with E-state index in [1.54, 1.807) is 4.52 Å². The minimum Gasteiger partial charge on any atom is -0.490 e. The lowest BCUT2D eigenvalue weighted by Gasteiger charge is -2.17. The second-order valence-electron chi connectivity index (χ2n) is 7.28. The summed E-state index contributed by atoms with van der Waals surface area (Å²) in [5, 5.41) is 7.24. The van der Waals surface area contributed by atoms with Crippen LogP contribution in [-0.2, 0) is 0 Å². The fourth-order valence-electron chi connectivity index (χ4n) is 3.06. The van der Waals surface area contributed by atoms with Crippen molar-refractivity contribution in [3.8, 4) is 11.5 Å². The molecule has 0 fully saturated rings. The number of aryl methyl sites for hydroxylation is 2. The van der Waals surface area contributed by atoms with Crippen LogP contribution >= 0.6 is 0 Å². The average molecular weight is 412 g/mol. The predicted molar refractivity (Wildman–Crippen MR) is 114 cm³/mol. The van der Waals surface area contributed by atoms with Gasteiger partial charge in [0.05, 0.1) is 19.3 Å². The van der Waals surface area contributed by atoms with Crippen LogP contribution < -0.4 is 14.8 Å². The zero-order valence-corrected chi connectivity index (χ0v) is 18.2. The summed E-state index contributed by atoms with van der Waals surface area (Å²) in [5.41, 5.74) is 2.61. The normalized spacial score (nSPS) is 12.0. The SMILES string of the molecule is CCCOc1ccc(C(C)NC(=O)c2nc3nc(C)cc(C)n3n2)cc1OCCC. The molecule has 1 amide bonds. The number of amides is 1. The quantitative estimate of drug-likeness (QED) is 0.576. The van der Waals surface area contributed by atoms with Gasteiger partial charge in [-0.25, -0.2) is 9.50 Å². The number of carbonyl (C=O) groups excluding carboxylic acids is 1. The molecule has 0 aliphatic heterocycles. The molecule has 30 heavy (non-hydrogen) atoms. The monoisotopic (exact) mass is 411 g/mol. The van der Waals surface area contributed by atoms with Gasteiger partial charge in [0, 0.05) is 11.4 Å². The average Bonchev–Trinajstić information content (AvgIpc) is 3.15. The van der Waals surface area contributed by atoms with Crippen LogP contribution in [-0.4, -0.2) is 38.7 Å². The highest BCUT2D eigenvalue weighted by atomic mass is 16.5. The van der Waals surface area contributed by atoms with Gasteiger partial charge in [-0.1, -0.05) is 19.9 Å². The third-order valence-electron chi connectivity index (χ3n) is 4.56. The maximum atomic E-state index is 12.7. The van der Waals surface area contributed by atoms with Crippen molar-refractivity contribution < 1.29 is 14.3 Å². The largest absolute Gasteiger partial charge is 0.490 e. The highest BCUT2D eigenvalue weighted by Crippen LogP contribution is 2.31. The molecule has 2 heterocycles. The van der Waals surface area contributed by atoms with E-state index in [-0.39, 0.29) is 17.8 Å². The van der Waals surface area contributed by atoms with E-state index >= 15 is 0 Å². The van der Waals surface area contributed by atoms with Crippen LogP contribution in [0.5, 0.6) is 11.5 Å². The van der Waals surface area contributed by atoms with E-state index in [0.717, 1.165) is 29.8 Å². The molecule has 1 aromatic carbocycles. The summed E-state index contributed by atoms with van der Waals surface area (Å²) in [6.45, 7) is 11.0. The number of rotatable bonds is 9. The Hall–Kier alpha value is -3.16. The number of ether oxygens (including phenoxy) is 2. The molecule has 0 spiro atoms. The van der Waals surface area contributed by atoms with Gasteiger partial charge in [-0.2, -0.15) is 4.98 Å². The Morgan fingerprint density at radius 3 is 2.47 bits per heavy atom. The second-order valence-corrected chi connectivity index (χ2v) is 7.28. The summed E-state index contributed by atoms with van der Waals surface area (Å²) in [6.07, 6.45) is 1.82. The first-order valence-corrected chi connectivity index (χ1v) is 10.3. The molecule has 1 unspecified atom stereocenters. The molecule has 0 radical (unpaired) electrons. The van der Waals surface area contributed by atoms with Crippen molar-refractivity contribution in [2.24, 2.45) is 0 Å². The van der Waals surface area contributed by atoms with Crippen molar-refractivity contribution in [2.45, 2.75) is 53.5 Å². The molecule has 160 valence electrons. The molecule has 1 atom stereocenters. The van der Waals surface area contributed by atoms with Gasteiger partial charge in [-0.15, -0.1) is 5.10 Å². The zero-order valence-electron chi connectivity index (χ0n) is 18.2. The van der Waals surface area contributed by atoms with Crippen molar-refractivity contribution in [1.29, 1.82) is 0 Å². The Morgan fingerprint density at radius 2 is 1.77 bits per heavy atom. The number of fused-ring (bicyclic) bond motifs is 1. The van der Waals surface area contributed by atoms with Crippen LogP contribution in [0.1, 0.15) is 67.2 Å². The van der Waals surface area contributed by atoms with Crippen LogP contribution in [0.4, 0.5) is 0 Å². The lowest BCUT2D eigenvalue weighted by molar-refractivity contribution is 0.0929. The summed E-state index contributed by atoms with van der Waals surface area (Å²) in [4.78, 5) is 21.3. The summed E-state index contributed by atoms with van der Waals surface area (Å²) in [5.74, 6) is 1.55. The van der Waals surface area contributed by atoms with Crippen molar-refractivity contribution in [1.82, 2.24) is 24.9 Å². The Balaban J connectivity index is 1.78. The third-order valence-corrected chi connectivity index (χ3v) is 4.56. The number of aromatic nitrogens is 4. The predicted octanol–water partition coefficient (Wildman–Crippen LogP) is 3.81. The van der Waals surface area contributed by atoms with Crippen molar-refractivity contribution in [2.75, 3.05) is 13.2 Å². The molecule has 0 aliphatic rings. The van der Waals surface area contributed by atoms with E-state index in [1.165, 1.54) is 0 Å². The Morgan fingerprint density at radius 1 is 1.07 bits per heavy atom. The molecule has 1 N–H and O–H groups in total. The third kappa shape index (κ3) is 4.87. The van der Waals surface area contributed by atoms with Crippen LogP contribution in [0.2, 0.25) is 0 Å². The van der Waals surface area contributed by atoms with Crippen molar-refractivity contribution >= 4 is 11.7 Å². The standard InChI is InChI=1S/C22H29N5O3/c1-6-10-29-18-9-8-17(13-19(18)30-11-7-2)16(5)24-21(28)20-25-22-23-14(3)12-15(4)27(22)26-20/h8-9,12-13,16H,6-7,10-11H2,1-5H3,(H,24,28). The van der Waals surface area contributed by atoms with Crippen LogP contribution in [0, 0.1) is 13.8 Å². The number of hydrogen-bond donors (Lipinski definition) is 1. The Kier molecular flexibility index (Phi) is 6.87. The summed E-state index contributed by atoms with van der Waals surface area (Å²) in [7, 11) is 0. The lowest BCUT2D eigenvalue weighted by Crippen LogP contribution is -2.27. The summed E-state index contributed by atoms with van der Waals surface area (Å²) < 4.78 is 13.2. The van der Waals surface area contributed by atoms with E-state index in [2.05, 4.69) is 34.2 Å². The molecular formula is C22H29N5O3. The highest BCUT2D eigenvalue weighted by Gasteiger charge is 2.19. The van der Waals surface area contributed by atoms with Gasteiger partial charge in [0.25, 0.3) is 11.7 Å². The van der Waals surface area contributed by atoms with Gasteiger partial charge in [0.2, 0.25) is 5.82 Å². The minimum absolute atomic E-state index is 0.0911. The molecule has 2 aromatic heterocycles. The maximum absolute atomic E-state index is 12.7. The van der Waals surface area contributed by atoms with E-state index in [4.69, 9.17) is 9.47 Å². The first kappa shape index (κ1) is 21.5. The van der Waals surface area contributed by atoms with E-state index in [9.17, 15) is 4.79 Å². The first-order valence-electron chi connectivity index (χ1n) is 10.3. The molecule has 0 saturated carbocycles. The maximum Gasteiger partial charge on any atom is 0.291 e. The number of hydrogen-bond acceptors (Lipinski definition) is 6. The van der Waals surface area contributed by atoms with Gasteiger partial charge in [-0.3, -0.25) is 4.79 Å². The van der Waals surface area contributed by atoms with Crippen LogP contribution in [0.25, 0.3) is 5.78 Å². The highest BCUT2D eigenvalue weighted by molar-refractivity contribution is 5.91.